The molecule has 0 spiro atoms. The smallest absolute Gasteiger partial charge is 0.261 e. The van der Waals surface area contributed by atoms with E-state index in [-0.39, 0.29) is 23.7 Å². The topological polar surface area (TPSA) is 49.3 Å². The summed E-state index contributed by atoms with van der Waals surface area (Å²) in [6.45, 7) is 2.35. The molecule has 1 amide bonds. The van der Waals surface area contributed by atoms with Crippen LogP contribution in [0.4, 0.5) is 4.39 Å². The minimum absolute atomic E-state index is 0.131. The lowest BCUT2D eigenvalue weighted by Crippen LogP contribution is -2.32. The Bertz CT molecular complexity index is 682. The van der Waals surface area contributed by atoms with Crippen LogP contribution in [0.3, 0.4) is 0 Å². The number of hydrogen-bond acceptors (Lipinski definition) is 3. The van der Waals surface area contributed by atoms with Gasteiger partial charge in [-0.3, -0.25) is 4.79 Å². The fourth-order valence-corrected chi connectivity index (χ4v) is 4.08. The zero-order valence-corrected chi connectivity index (χ0v) is 12.7. The first-order valence-corrected chi connectivity index (χ1v) is 8.03. The van der Waals surface area contributed by atoms with Crippen molar-refractivity contribution in [3.63, 3.8) is 0 Å². The van der Waals surface area contributed by atoms with Crippen molar-refractivity contribution in [1.82, 2.24) is 5.32 Å². The molecule has 1 aromatic heterocycles. The molecule has 21 heavy (non-hydrogen) atoms. The van der Waals surface area contributed by atoms with E-state index in [0.29, 0.717) is 11.4 Å². The van der Waals surface area contributed by atoms with Crippen LogP contribution in [0.5, 0.6) is 0 Å². The van der Waals surface area contributed by atoms with Crippen LogP contribution in [0, 0.1) is 18.7 Å². The van der Waals surface area contributed by atoms with Gasteiger partial charge in [-0.15, -0.1) is 11.3 Å². The molecule has 3 nitrogen and oxygen atoms in total. The van der Waals surface area contributed by atoms with E-state index in [0.717, 1.165) is 34.9 Å². The summed E-state index contributed by atoms with van der Waals surface area (Å²) in [6, 6.07) is 4.59. The summed E-state index contributed by atoms with van der Waals surface area (Å²) < 4.78 is 14.2. The maximum atomic E-state index is 13.3. The number of halogens is 1. The molecule has 112 valence electrons. The molecule has 2 atom stereocenters. The molecule has 2 N–H and O–H groups in total. The molecule has 0 saturated heterocycles. The van der Waals surface area contributed by atoms with Gasteiger partial charge >= 0.3 is 0 Å². The van der Waals surface area contributed by atoms with Gasteiger partial charge in [0.05, 0.1) is 11.0 Å². The Morgan fingerprint density at radius 3 is 3.00 bits per heavy atom. The summed E-state index contributed by atoms with van der Waals surface area (Å²) >= 11 is 1.38. The van der Waals surface area contributed by atoms with Crippen molar-refractivity contribution >= 4 is 27.3 Å². The quantitative estimate of drug-likeness (QED) is 0.914. The third-order valence-corrected chi connectivity index (χ3v) is 5.52. The van der Waals surface area contributed by atoms with E-state index in [1.165, 1.54) is 23.5 Å². The van der Waals surface area contributed by atoms with Crippen molar-refractivity contribution < 1.29 is 14.3 Å². The number of amides is 1. The van der Waals surface area contributed by atoms with E-state index >= 15 is 0 Å². The first-order valence-electron chi connectivity index (χ1n) is 7.21. The molecule has 1 aromatic carbocycles. The van der Waals surface area contributed by atoms with Crippen molar-refractivity contribution in [3.8, 4) is 0 Å². The van der Waals surface area contributed by atoms with Gasteiger partial charge in [-0.05, 0) is 48.9 Å². The summed E-state index contributed by atoms with van der Waals surface area (Å²) in [7, 11) is 0. The second-order valence-electron chi connectivity index (χ2n) is 5.67. The van der Waals surface area contributed by atoms with Crippen LogP contribution in [-0.2, 0) is 0 Å². The van der Waals surface area contributed by atoms with Gasteiger partial charge in [-0.2, -0.15) is 0 Å². The second kappa shape index (κ2) is 5.73. The van der Waals surface area contributed by atoms with Crippen molar-refractivity contribution in [3.05, 3.63) is 34.5 Å². The monoisotopic (exact) mass is 307 g/mol. The van der Waals surface area contributed by atoms with E-state index in [9.17, 15) is 14.3 Å². The average molecular weight is 307 g/mol. The average Bonchev–Trinajstić information content (AvgIpc) is 3.01. The number of carbonyl (C=O) groups excluding carboxylic acids is 1. The Hall–Kier alpha value is -1.46. The summed E-state index contributed by atoms with van der Waals surface area (Å²) in [4.78, 5) is 12.9. The minimum Gasteiger partial charge on any atom is -0.393 e. The molecular weight excluding hydrogens is 289 g/mol. The number of aryl methyl sites for hydroxylation is 1. The fraction of sp³-hybridized carbons (Fsp3) is 0.438. The van der Waals surface area contributed by atoms with E-state index in [1.807, 2.05) is 6.92 Å². The van der Waals surface area contributed by atoms with E-state index in [4.69, 9.17) is 0 Å². The van der Waals surface area contributed by atoms with Gasteiger partial charge in [0.25, 0.3) is 5.91 Å². The Labute approximate surface area is 126 Å². The maximum absolute atomic E-state index is 13.3. The van der Waals surface area contributed by atoms with Crippen LogP contribution in [0.15, 0.2) is 18.2 Å². The molecule has 0 aliphatic heterocycles. The highest BCUT2D eigenvalue weighted by Gasteiger charge is 2.26. The summed E-state index contributed by atoms with van der Waals surface area (Å²) in [5.74, 6) is -0.265. The number of nitrogens with one attached hydrogen (secondary N) is 1. The van der Waals surface area contributed by atoms with Gasteiger partial charge in [0.15, 0.2) is 0 Å². The predicted molar refractivity (Wildman–Crippen MR) is 82.2 cm³/mol. The third-order valence-electron chi connectivity index (χ3n) is 4.25. The molecule has 2 unspecified atom stereocenters. The van der Waals surface area contributed by atoms with Crippen molar-refractivity contribution in [2.24, 2.45) is 5.92 Å². The number of fused-ring (bicyclic) bond motifs is 1. The van der Waals surface area contributed by atoms with E-state index in [1.54, 1.807) is 6.07 Å². The normalized spacial score (nSPS) is 21.9. The van der Waals surface area contributed by atoms with E-state index < -0.39 is 0 Å². The molecule has 1 fully saturated rings. The summed E-state index contributed by atoms with van der Waals surface area (Å²) in [5, 5.41) is 13.5. The summed E-state index contributed by atoms with van der Waals surface area (Å²) in [6.07, 6.45) is 2.49. The molecule has 3 rings (SSSR count). The van der Waals surface area contributed by atoms with Crippen LogP contribution >= 0.6 is 11.3 Å². The van der Waals surface area contributed by atoms with Crippen LogP contribution in [0.2, 0.25) is 0 Å². The van der Waals surface area contributed by atoms with Crippen molar-refractivity contribution in [2.45, 2.75) is 32.3 Å². The molecule has 1 aliphatic rings. The van der Waals surface area contributed by atoms with Gasteiger partial charge in [-0.1, -0.05) is 6.42 Å². The van der Waals surface area contributed by atoms with Gasteiger partial charge < -0.3 is 10.4 Å². The van der Waals surface area contributed by atoms with Crippen molar-refractivity contribution in [2.75, 3.05) is 6.54 Å². The molecule has 0 radical (unpaired) electrons. The lowest BCUT2D eigenvalue weighted by molar-refractivity contribution is 0.0920. The number of carbonyl (C=O) groups is 1. The minimum atomic E-state index is -0.303. The maximum Gasteiger partial charge on any atom is 0.261 e. The number of rotatable bonds is 3. The molecular formula is C16H18FNO2S. The Balaban J connectivity index is 1.76. The number of hydrogen-bond donors (Lipinski definition) is 2. The van der Waals surface area contributed by atoms with Gasteiger partial charge in [0.1, 0.15) is 5.82 Å². The third kappa shape index (κ3) is 2.80. The lowest BCUT2D eigenvalue weighted by Gasteiger charge is -2.14. The molecule has 5 heteroatoms. The Morgan fingerprint density at radius 1 is 1.48 bits per heavy atom. The Kier molecular flexibility index (Phi) is 3.95. The first kappa shape index (κ1) is 14.5. The molecule has 0 bridgehead atoms. The lowest BCUT2D eigenvalue weighted by atomic mass is 10.1. The Morgan fingerprint density at radius 2 is 2.29 bits per heavy atom. The molecule has 1 aliphatic carbocycles. The number of benzene rings is 1. The van der Waals surface area contributed by atoms with Gasteiger partial charge in [0.2, 0.25) is 0 Å². The number of aliphatic hydroxyl groups excluding tert-OH is 1. The number of thiophene rings is 1. The fourth-order valence-electron chi connectivity index (χ4n) is 2.97. The summed E-state index contributed by atoms with van der Waals surface area (Å²) in [5.41, 5.74) is 0.818. The largest absolute Gasteiger partial charge is 0.393 e. The van der Waals surface area contributed by atoms with Gasteiger partial charge in [0, 0.05) is 17.2 Å². The second-order valence-corrected chi connectivity index (χ2v) is 6.72. The predicted octanol–water partition coefficient (Wildman–Crippen LogP) is 3.24. The standard InChI is InChI=1S/C16H18FNO2S/c1-9-12-7-11(17)5-6-14(12)21-15(9)16(20)18-8-10-3-2-4-13(10)19/h5-7,10,13,19H,2-4,8H2,1H3,(H,18,20). The van der Waals surface area contributed by atoms with Crippen LogP contribution in [0.25, 0.3) is 10.1 Å². The molecule has 1 saturated carbocycles. The molecule has 1 heterocycles. The first-order chi connectivity index (χ1) is 10.1. The highest BCUT2D eigenvalue weighted by Crippen LogP contribution is 2.31. The van der Waals surface area contributed by atoms with Crippen LogP contribution in [-0.4, -0.2) is 23.7 Å². The van der Waals surface area contributed by atoms with Gasteiger partial charge in [-0.25, -0.2) is 4.39 Å². The zero-order valence-electron chi connectivity index (χ0n) is 11.9. The van der Waals surface area contributed by atoms with Crippen molar-refractivity contribution in [1.29, 1.82) is 0 Å². The highest BCUT2D eigenvalue weighted by atomic mass is 32.1. The SMILES string of the molecule is Cc1c(C(=O)NCC2CCCC2O)sc2ccc(F)cc12. The molecule has 2 aromatic rings. The van der Waals surface area contributed by atoms with E-state index in [2.05, 4.69) is 5.32 Å². The number of aliphatic hydroxyl groups is 1. The zero-order chi connectivity index (χ0) is 15.0. The van der Waals surface area contributed by atoms with Crippen LogP contribution in [0.1, 0.15) is 34.5 Å². The highest BCUT2D eigenvalue weighted by molar-refractivity contribution is 7.21. The van der Waals surface area contributed by atoms with Crippen LogP contribution < -0.4 is 5.32 Å².